The molecule has 0 aliphatic carbocycles. The van der Waals surface area contributed by atoms with Crippen molar-refractivity contribution >= 4 is 16.9 Å². The topological polar surface area (TPSA) is 55.8 Å². The van der Waals surface area contributed by atoms with Gasteiger partial charge < -0.3 is 10.1 Å². The van der Waals surface area contributed by atoms with Crippen molar-refractivity contribution in [3.05, 3.63) is 76.5 Å². The molecule has 0 unspecified atom stereocenters. The highest BCUT2D eigenvalue weighted by Crippen LogP contribution is 2.23. The molecule has 2 N–H and O–H groups in total. The molecular weight excluding hydrogens is 362 g/mol. The fourth-order valence-corrected chi connectivity index (χ4v) is 3.28. The molecule has 146 valence electrons. The number of para-hydroxylation sites is 1. The first-order chi connectivity index (χ1) is 13.4. The molecule has 0 bridgehead atoms. The lowest BCUT2D eigenvalue weighted by atomic mass is 10.0. The second-order valence-electron chi connectivity index (χ2n) is 6.70. The Kier molecular flexibility index (Phi) is 5.99. The van der Waals surface area contributed by atoms with E-state index in [4.69, 9.17) is 4.74 Å². The van der Waals surface area contributed by atoms with Crippen LogP contribution in [0.15, 0.2) is 42.5 Å². The Labute approximate surface area is 162 Å². The molecule has 2 aromatic carbocycles. The molecule has 0 spiro atoms. The van der Waals surface area contributed by atoms with Crippen LogP contribution in [0.25, 0.3) is 10.9 Å². The van der Waals surface area contributed by atoms with Crippen LogP contribution in [0.5, 0.6) is 0 Å². The highest BCUT2D eigenvalue weighted by atomic mass is 19.2. The summed E-state index contributed by atoms with van der Waals surface area (Å²) >= 11 is 0. The third kappa shape index (κ3) is 4.02. The first-order valence-corrected chi connectivity index (χ1v) is 9.26. The van der Waals surface area contributed by atoms with Crippen molar-refractivity contribution in [1.82, 2.24) is 4.98 Å². The van der Waals surface area contributed by atoms with Gasteiger partial charge in [-0.05, 0) is 50.6 Å². The number of rotatable bonds is 6. The van der Waals surface area contributed by atoms with Crippen LogP contribution in [-0.4, -0.2) is 17.6 Å². The number of esters is 1. The highest BCUT2D eigenvalue weighted by molar-refractivity contribution is 5.98. The number of carbonyl (C=O) groups excluding carboxylic acids is 1. The van der Waals surface area contributed by atoms with E-state index in [0.717, 1.165) is 22.5 Å². The zero-order valence-electron chi connectivity index (χ0n) is 16.1. The molecule has 3 rings (SSSR count). The minimum atomic E-state index is -0.871. The van der Waals surface area contributed by atoms with E-state index in [1.54, 1.807) is 13.0 Å². The maximum absolute atomic E-state index is 13.5. The Morgan fingerprint density at radius 1 is 1.18 bits per heavy atom. The minimum absolute atomic E-state index is 0.140. The van der Waals surface area contributed by atoms with Gasteiger partial charge in [0.1, 0.15) is 18.3 Å². The Morgan fingerprint density at radius 3 is 2.64 bits per heavy atom. The number of fused-ring (bicyclic) bond motifs is 1. The van der Waals surface area contributed by atoms with Gasteiger partial charge in [-0.25, -0.2) is 18.6 Å². The van der Waals surface area contributed by atoms with Crippen LogP contribution in [0, 0.1) is 18.6 Å². The predicted molar refractivity (Wildman–Crippen MR) is 103 cm³/mol. The second kappa shape index (κ2) is 8.44. The fourth-order valence-electron chi connectivity index (χ4n) is 3.28. The van der Waals surface area contributed by atoms with Crippen molar-refractivity contribution in [1.29, 1.82) is 0 Å². The average Bonchev–Trinajstić information content (AvgIpc) is 2.68. The highest BCUT2D eigenvalue weighted by Gasteiger charge is 2.22. The normalized spacial score (nSPS) is 12.2. The third-order valence-electron chi connectivity index (χ3n) is 4.84. The summed E-state index contributed by atoms with van der Waals surface area (Å²) in [5.41, 5.74) is 3.37. The molecule has 0 amide bonds. The molecule has 6 heteroatoms. The lowest BCUT2D eigenvalue weighted by molar-refractivity contribution is -0.708. The zero-order valence-corrected chi connectivity index (χ0v) is 16.1. The van der Waals surface area contributed by atoms with Crippen molar-refractivity contribution in [3.8, 4) is 0 Å². The van der Waals surface area contributed by atoms with Crippen LogP contribution in [-0.2, 0) is 11.3 Å². The van der Waals surface area contributed by atoms with Crippen LogP contribution in [0.4, 0.5) is 8.78 Å². The van der Waals surface area contributed by atoms with Crippen LogP contribution < -0.4 is 5.32 Å². The Hall–Kier alpha value is -2.86. The van der Waals surface area contributed by atoms with Crippen LogP contribution in [0.1, 0.15) is 47.1 Å². The van der Waals surface area contributed by atoms with Crippen molar-refractivity contribution in [3.63, 3.8) is 0 Å². The van der Waals surface area contributed by atoms with Gasteiger partial charge >= 0.3 is 5.97 Å². The number of benzene rings is 2. The van der Waals surface area contributed by atoms with Gasteiger partial charge in [-0.3, -0.25) is 0 Å². The lowest BCUT2D eigenvalue weighted by Gasteiger charge is -2.15. The maximum Gasteiger partial charge on any atom is 0.340 e. The number of carbonyl (C=O) groups is 1. The SMILES string of the molecule is CCOC(=O)c1c(C[NH2+][C@H](C)c2ccc(F)c(F)c2)nc2ccccc2c1C. The fraction of sp³-hybridized carbons (Fsp3) is 0.273. The third-order valence-corrected chi connectivity index (χ3v) is 4.84. The summed E-state index contributed by atoms with van der Waals surface area (Å²) < 4.78 is 31.9. The molecule has 4 nitrogen and oxygen atoms in total. The molecule has 0 aliphatic heterocycles. The van der Waals surface area contributed by atoms with Gasteiger partial charge in [-0.2, -0.15) is 0 Å². The molecule has 0 fully saturated rings. The maximum atomic E-state index is 13.5. The number of halogens is 2. The summed E-state index contributed by atoms with van der Waals surface area (Å²) in [5.74, 6) is -2.14. The molecule has 0 saturated heterocycles. The van der Waals surface area contributed by atoms with E-state index in [0.29, 0.717) is 23.4 Å². The molecule has 0 aliphatic rings. The number of aryl methyl sites for hydroxylation is 1. The van der Waals surface area contributed by atoms with E-state index in [1.165, 1.54) is 6.07 Å². The Balaban J connectivity index is 1.93. The molecule has 0 saturated carbocycles. The molecule has 1 aromatic heterocycles. The second-order valence-corrected chi connectivity index (χ2v) is 6.70. The number of pyridine rings is 1. The van der Waals surface area contributed by atoms with E-state index < -0.39 is 17.6 Å². The molecule has 3 aromatic rings. The van der Waals surface area contributed by atoms with Gasteiger partial charge in [0, 0.05) is 10.9 Å². The Bertz CT molecular complexity index is 1020. The quantitative estimate of drug-likeness (QED) is 0.657. The van der Waals surface area contributed by atoms with Gasteiger partial charge in [-0.15, -0.1) is 0 Å². The van der Waals surface area contributed by atoms with E-state index in [1.807, 2.05) is 43.4 Å². The van der Waals surface area contributed by atoms with Gasteiger partial charge in [0.25, 0.3) is 0 Å². The molecule has 1 atom stereocenters. The number of aromatic nitrogens is 1. The van der Waals surface area contributed by atoms with E-state index in [9.17, 15) is 13.6 Å². The zero-order chi connectivity index (χ0) is 20.3. The van der Waals surface area contributed by atoms with Crippen molar-refractivity contribution in [2.24, 2.45) is 0 Å². The molecule has 0 radical (unpaired) electrons. The number of nitrogens with two attached hydrogens (primary N) is 1. The summed E-state index contributed by atoms with van der Waals surface area (Å²) in [6.07, 6.45) is 0. The van der Waals surface area contributed by atoms with Gasteiger partial charge in [0.15, 0.2) is 11.6 Å². The number of quaternary nitrogens is 1. The summed E-state index contributed by atoms with van der Waals surface area (Å²) in [5, 5.41) is 2.84. The van der Waals surface area contributed by atoms with Gasteiger partial charge in [0.2, 0.25) is 0 Å². The van der Waals surface area contributed by atoms with E-state index in [-0.39, 0.29) is 12.6 Å². The minimum Gasteiger partial charge on any atom is -0.462 e. The smallest absolute Gasteiger partial charge is 0.340 e. The van der Waals surface area contributed by atoms with Crippen LogP contribution in [0.3, 0.4) is 0 Å². The van der Waals surface area contributed by atoms with Crippen LogP contribution >= 0.6 is 0 Å². The number of hydrogen-bond donors (Lipinski definition) is 1. The predicted octanol–water partition coefficient (Wildman–Crippen LogP) is 3.82. The number of ether oxygens (including phenoxy) is 1. The molecule has 28 heavy (non-hydrogen) atoms. The summed E-state index contributed by atoms with van der Waals surface area (Å²) in [7, 11) is 0. The number of nitrogens with zero attached hydrogens (tertiary/aromatic N) is 1. The van der Waals surface area contributed by atoms with Crippen molar-refractivity contribution in [2.45, 2.75) is 33.4 Å². The average molecular weight is 385 g/mol. The summed E-state index contributed by atoms with van der Waals surface area (Å²) in [6.45, 7) is 6.22. The van der Waals surface area contributed by atoms with Gasteiger partial charge in [-0.1, -0.05) is 18.2 Å². The molecular formula is C22H23F2N2O2+. The van der Waals surface area contributed by atoms with E-state index >= 15 is 0 Å². The summed E-state index contributed by atoms with van der Waals surface area (Å²) in [4.78, 5) is 17.2. The van der Waals surface area contributed by atoms with Crippen LogP contribution in [0.2, 0.25) is 0 Å². The largest absolute Gasteiger partial charge is 0.462 e. The monoisotopic (exact) mass is 385 g/mol. The first-order valence-electron chi connectivity index (χ1n) is 9.26. The molecule has 1 heterocycles. The van der Waals surface area contributed by atoms with Gasteiger partial charge in [0.05, 0.1) is 17.7 Å². The van der Waals surface area contributed by atoms with Crippen molar-refractivity contribution in [2.75, 3.05) is 6.61 Å². The standard InChI is InChI=1S/C22H22F2N2O2/c1-4-28-22(27)21-13(2)16-7-5-6-8-19(16)26-20(21)12-25-14(3)15-9-10-17(23)18(24)11-15/h5-11,14,25H,4,12H2,1-3H3/p+1/t14-/m1/s1. The van der Waals surface area contributed by atoms with Crippen molar-refractivity contribution < 1.29 is 23.6 Å². The lowest BCUT2D eigenvalue weighted by Crippen LogP contribution is -2.83. The summed E-state index contributed by atoms with van der Waals surface area (Å²) in [6, 6.07) is 11.4. The Morgan fingerprint density at radius 2 is 1.93 bits per heavy atom. The van der Waals surface area contributed by atoms with E-state index in [2.05, 4.69) is 4.98 Å². The first kappa shape index (κ1) is 19.9. The number of hydrogen-bond acceptors (Lipinski definition) is 3.